The molecule has 15 heteroatoms. The topological polar surface area (TPSA) is 101 Å². The van der Waals surface area contributed by atoms with Crippen molar-refractivity contribution in [3.8, 4) is 0 Å². The summed E-state index contributed by atoms with van der Waals surface area (Å²) in [6, 6.07) is 30.9. The van der Waals surface area contributed by atoms with E-state index in [9.17, 15) is 14.7 Å². The van der Waals surface area contributed by atoms with E-state index >= 15 is 0 Å². The largest absolute Gasteiger partial charge is 0.477 e. The number of hydrogen-bond donors (Lipinski definition) is 2. The number of nitrogens with zero attached hydrogens (tertiary/aromatic N) is 5. The van der Waals surface area contributed by atoms with Crippen molar-refractivity contribution in [3.05, 3.63) is 161 Å². The molecule has 0 bridgehead atoms. The van der Waals surface area contributed by atoms with Crippen LogP contribution in [-0.2, 0) is 20.7 Å². The molecule has 4 aromatic rings. The van der Waals surface area contributed by atoms with E-state index in [2.05, 4.69) is 42.8 Å². The zero-order valence-corrected chi connectivity index (χ0v) is 41.5. The van der Waals surface area contributed by atoms with Gasteiger partial charge in [-0.2, -0.15) is 0 Å². The van der Waals surface area contributed by atoms with E-state index in [1.165, 1.54) is 23.5 Å². The lowest BCUT2D eigenvalue weighted by atomic mass is 9.81. The monoisotopic (exact) mass is 964 g/mol. The number of benzene rings is 4. The number of fused-ring (bicyclic) bond motifs is 2. The Bertz CT molecular complexity index is 2480. The number of amides is 1. The van der Waals surface area contributed by atoms with Gasteiger partial charge in [-0.15, -0.1) is 0 Å². The second-order valence-electron chi connectivity index (χ2n) is 16.7. The molecule has 4 heterocycles. The molecule has 0 fully saturated rings. The van der Waals surface area contributed by atoms with Crippen LogP contribution in [0.25, 0.3) is 0 Å². The summed E-state index contributed by atoms with van der Waals surface area (Å²) >= 11 is 27.3. The number of allylic oxidation sites excluding steroid dienone is 2. The normalized spacial score (nSPS) is 22.3. The van der Waals surface area contributed by atoms with Gasteiger partial charge in [-0.25, -0.2) is 14.8 Å². The number of carboxylic acids is 1. The van der Waals surface area contributed by atoms with Gasteiger partial charge in [0.25, 0.3) is 5.91 Å². The molecule has 0 aliphatic carbocycles. The fourth-order valence-corrected chi connectivity index (χ4v) is 11.5. The fraction of sp³-hybridized carbons (Fsp3) is 0.333. The average molecular weight is 967 g/mol. The minimum absolute atomic E-state index is 0.00820. The number of carbonyl (C=O) groups is 2. The van der Waals surface area contributed by atoms with Gasteiger partial charge in [0.05, 0.1) is 12.1 Å². The van der Waals surface area contributed by atoms with Crippen molar-refractivity contribution in [1.29, 1.82) is 0 Å². The summed E-state index contributed by atoms with van der Waals surface area (Å²) in [6.45, 7) is 12.5. The molecule has 332 valence electrons. The lowest BCUT2D eigenvalue weighted by Gasteiger charge is -2.37. The van der Waals surface area contributed by atoms with Gasteiger partial charge < -0.3 is 25.1 Å². The van der Waals surface area contributed by atoms with Gasteiger partial charge >= 0.3 is 5.97 Å². The third-order valence-electron chi connectivity index (χ3n) is 11.1. The number of nitrogens with one attached hydrogen (secondary N) is 1. The van der Waals surface area contributed by atoms with Gasteiger partial charge in [-0.05, 0) is 134 Å². The van der Waals surface area contributed by atoms with Crippen molar-refractivity contribution in [2.75, 3.05) is 28.2 Å². The molecular formula is C48H52Cl4N6O3S2. The van der Waals surface area contributed by atoms with Crippen LogP contribution in [0.2, 0.25) is 20.1 Å². The summed E-state index contributed by atoms with van der Waals surface area (Å²) in [5.41, 5.74) is 4.86. The summed E-state index contributed by atoms with van der Waals surface area (Å²) in [4.78, 5) is 42.2. The van der Waals surface area contributed by atoms with Crippen LogP contribution in [0, 0.1) is 11.8 Å². The minimum atomic E-state index is -0.918. The predicted octanol–water partition coefficient (Wildman–Crippen LogP) is 12.5. The number of halogens is 4. The van der Waals surface area contributed by atoms with Crippen LogP contribution in [0.4, 0.5) is 0 Å². The Morgan fingerprint density at radius 1 is 0.619 bits per heavy atom. The molecule has 0 saturated heterocycles. The minimum Gasteiger partial charge on any atom is -0.477 e. The molecule has 4 aliphatic rings. The molecule has 8 rings (SSSR count). The second-order valence-corrected chi connectivity index (χ2v) is 20.4. The third-order valence-corrected chi connectivity index (χ3v) is 14.3. The van der Waals surface area contributed by atoms with Gasteiger partial charge in [0.15, 0.2) is 10.3 Å². The van der Waals surface area contributed by atoms with Crippen LogP contribution in [0.15, 0.2) is 128 Å². The Balaban J connectivity index is 0.000000198. The molecule has 0 unspecified atom stereocenters. The number of hydrogen-bond acceptors (Lipinski definition) is 9. The summed E-state index contributed by atoms with van der Waals surface area (Å²) in [5, 5.41) is 16.8. The fourth-order valence-electron chi connectivity index (χ4n) is 8.33. The molecule has 1 amide bonds. The smallest absolute Gasteiger partial charge is 0.344 e. The highest BCUT2D eigenvalue weighted by Crippen LogP contribution is 2.58. The van der Waals surface area contributed by atoms with E-state index in [0.29, 0.717) is 30.2 Å². The number of rotatable bonds is 8. The van der Waals surface area contributed by atoms with Crippen LogP contribution < -0.4 is 5.32 Å². The van der Waals surface area contributed by atoms with Crippen LogP contribution in [-0.4, -0.2) is 70.2 Å². The third kappa shape index (κ3) is 9.57. The Morgan fingerprint density at radius 2 is 0.921 bits per heavy atom. The molecule has 4 atom stereocenters. The van der Waals surface area contributed by atoms with E-state index in [4.69, 9.17) is 56.4 Å². The highest BCUT2D eigenvalue weighted by molar-refractivity contribution is 8.18. The number of amidine groups is 2. The number of carboxylic acid groups (broad SMARTS) is 1. The average Bonchev–Trinajstić information content (AvgIpc) is 3.94. The number of aliphatic imine (C=N–C) groups is 2. The second kappa shape index (κ2) is 19.7. The van der Waals surface area contributed by atoms with Gasteiger partial charge in [0, 0.05) is 45.6 Å². The summed E-state index contributed by atoms with van der Waals surface area (Å²) in [5.74, 6) is -0.724. The first-order valence-corrected chi connectivity index (χ1v) is 23.6. The van der Waals surface area contributed by atoms with Gasteiger partial charge in [0.1, 0.15) is 20.9 Å². The Labute approximate surface area is 399 Å². The van der Waals surface area contributed by atoms with Crippen LogP contribution in [0.5, 0.6) is 0 Å². The van der Waals surface area contributed by atoms with Crippen molar-refractivity contribution < 1.29 is 14.7 Å². The highest BCUT2D eigenvalue weighted by atomic mass is 35.5. The Hall–Kier alpha value is -3.94. The Kier molecular flexibility index (Phi) is 15.1. The SMILES string of the molecule is CC(C)C1=C(C(=O)N(C)C)SC2=N[C@@](C)(c3ccc(Cl)cc3)[C@@H](c3ccc(Cl)cc3)N21.CC(C)C1=C(C(=O)O)SC2=N[C@@](C)(c3ccc(Cl)cc3)[C@@H](c3ccc(Cl)cc3)N21.CNC. The van der Waals surface area contributed by atoms with E-state index in [-0.39, 0.29) is 29.8 Å². The maximum Gasteiger partial charge on any atom is 0.344 e. The first-order chi connectivity index (χ1) is 29.8. The number of carbonyl (C=O) groups excluding carboxylic acids is 1. The zero-order chi connectivity index (χ0) is 46.1. The zero-order valence-electron chi connectivity index (χ0n) is 36.9. The number of aliphatic carboxylic acids is 1. The van der Waals surface area contributed by atoms with Crippen LogP contribution in [0.3, 0.4) is 0 Å². The van der Waals surface area contributed by atoms with E-state index in [1.807, 2.05) is 125 Å². The van der Waals surface area contributed by atoms with Crippen molar-refractivity contribution in [2.45, 2.75) is 64.7 Å². The molecule has 63 heavy (non-hydrogen) atoms. The lowest BCUT2D eigenvalue weighted by molar-refractivity contribution is -0.132. The summed E-state index contributed by atoms with van der Waals surface area (Å²) in [6.07, 6.45) is 0. The molecule has 0 aromatic heterocycles. The lowest BCUT2D eigenvalue weighted by Crippen LogP contribution is -2.36. The maximum atomic E-state index is 13.0. The first kappa shape index (κ1) is 48.5. The standard InChI is InChI=1S/C24H25Cl2N3OS.C22H20Cl2N2O2S.C2H7N/c1-14(2)19-20(22(30)28(4)5)31-23-27-24(3,16-8-12-18(26)13-9-16)21(29(19)23)15-6-10-17(25)11-7-15;1-12(2)17-18(20(27)28)29-21-25-22(3,14-6-10-16(24)11-7-14)19(26(17)21)13-4-8-15(23)9-5-13;1-3-2/h6-14,21H,1-5H3;4-12,19H,1-3H3,(H,27,28);3H,1-2H3/t21-,24+;19-,22+;/m11./s1. The molecule has 0 radical (unpaired) electrons. The number of likely N-dealkylation sites (N-methyl/N-ethyl adjacent to an activating group) is 1. The van der Waals surface area contributed by atoms with E-state index in [1.54, 1.807) is 19.0 Å². The van der Waals surface area contributed by atoms with Gasteiger partial charge in [-0.3, -0.25) is 4.79 Å². The van der Waals surface area contributed by atoms with Gasteiger partial charge in [0.2, 0.25) is 0 Å². The van der Waals surface area contributed by atoms with Crippen molar-refractivity contribution in [3.63, 3.8) is 0 Å². The molecule has 2 N–H and O–H groups in total. The van der Waals surface area contributed by atoms with Crippen molar-refractivity contribution in [1.82, 2.24) is 20.0 Å². The predicted molar refractivity (Wildman–Crippen MR) is 265 cm³/mol. The maximum absolute atomic E-state index is 13.0. The van der Waals surface area contributed by atoms with Crippen molar-refractivity contribution >= 4 is 92.1 Å². The highest BCUT2D eigenvalue weighted by Gasteiger charge is 2.54. The summed E-state index contributed by atoms with van der Waals surface area (Å²) < 4.78 is 0. The molecule has 0 saturated carbocycles. The first-order valence-electron chi connectivity index (χ1n) is 20.5. The quantitative estimate of drug-likeness (QED) is 0.180. The molecule has 4 aromatic carbocycles. The molecule has 4 aliphatic heterocycles. The van der Waals surface area contributed by atoms with E-state index < -0.39 is 17.0 Å². The van der Waals surface area contributed by atoms with Crippen molar-refractivity contribution in [2.24, 2.45) is 21.8 Å². The Morgan fingerprint density at radius 3 is 1.22 bits per heavy atom. The molecular weight excluding hydrogens is 915 g/mol. The molecule has 0 spiro atoms. The van der Waals surface area contributed by atoms with Crippen LogP contribution >= 0.6 is 69.9 Å². The van der Waals surface area contributed by atoms with Gasteiger partial charge in [-0.1, -0.05) is 123 Å². The summed E-state index contributed by atoms with van der Waals surface area (Å²) in [7, 11) is 7.32. The number of thioether (sulfide) groups is 2. The van der Waals surface area contributed by atoms with E-state index in [0.717, 1.165) is 43.7 Å². The van der Waals surface area contributed by atoms with Crippen LogP contribution in [0.1, 0.15) is 75.9 Å². The molecule has 9 nitrogen and oxygen atoms in total.